The molecule has 1 fully saturated rings. The van der Waals surface area contributed by atoms with Gasteiger partial charge in [-0.15, -0.1) is 0 Å². The summed E-state index contributed by atoms with van der Waals surface area (Å²) in [4.78, 5) is 41.3. The lowest BCUT2D eigenvalue weighted by Gasteiger charge is -2.31. The number of fused-ring (bicyclic) bond motifs is 1. The molecule has 9 nitrogen and oxygen atoms in total. The predicted octanol–water partition coefficient (Wildman–Crippen LogP) is 1.57. The van der Waals surface area contributed by atoms with Gasteiger partial charge in [0.2, 0.25) is 17.7 Å². The molecule has 6 atom stereocenters. The van der Waals surface area contributed by atoms with E-state index in [4.69, 9.17) is 4.74 Å². The number of aryl methyl sites for hydroxylation is 1. The zero-order chi connectivity index (χ0) is 28.8. The summed E-state index contributed by atoms with van der Waals surface area (Å²) in [6.45, 7) is 4.27. The van der Waals surface area contributed by atoms with E-state index in [1.165, 1.54) is 17.0 Å². The summed E-state index contributed by atoms with van der Waals surface area (Å²) in [7, 11) is 1.54. The highest BCUT2D eigenvalue weighted by molar-refractivity contribution is 5.93. The van der Waals surface area contributed by atoms with E-state index in [0.717, 1.165) is 11.3 Å². The van der Waals surface area contributed by atoms with Gasteiger partial charge in [-0.25, -0.2) is 4.39 Å². The highest BCUT2D eigenvalue weighted by Crippen LogP contribution is 2.34. The molecule has 6 unspecified atom stereocenters. The molecule has 1 aliphatic carbocycles. The van der Waals surface area contributed by atoms with E-state index < -0.39 is 36.0 Å². The molecule has 1 heterocycles. The minimum Gasteiger partial charge on any atom is -0.489 e. The van der Waals surface area contributed by atoms with Gasteiger partial charge in [0.05, 0.1) is 12.1 Å². The quantitative estimate of drug-likeness (QED) is 0.457. The van der Waals surface area contributed by atoms with Crippen molar-refractivity contribution < 1.29 is 28.6 Å². The molecule has 0 saturated heterocycles. The van der Waals surface area contributed by atoms with Gasteiger partial charge in [-0.1, -0.05) is 30.3 Å². The van der Waals surface area contributed by atoms with Crippen molar-refractivity contribution in [2.75, 3.05) is 20.1 Å². The predicted molar refractivity (Wildman–Crippen MR) is 148 cm³/mol. The second-order valence-corrected chi connectivity index (χ2v) is 10.8. The second kappa shape index (κ2) is 13.2. The Morgan fingerprint density at radius 1 is 1.05 bits per heavy atom. The molecule has 2 aromatic carbocycles. The number of carbonyl (C=O) groups is 3. The number of halogens is 1. The zero-order valence-corrected chi connectivity index (χ0v) is 23.2. The van der Waals surface area contributed by atoms with E-state index in [9.17, 15) is 23.9 Å². The number of carbonyl (C=O) groups excluding carboxylic acids is 3. The van der Waals surface area contributed by atoms with Crippen molar-refractivity contribution in [3.8, 4) is 5.75 Å². The molecule has 2 aliphatic rings. The molecular formula is C30H39FN4O5. The van der Waals surface area contributed by atoms with Crippen LogP contribution in [0.25, 0.3) is 0 Å². The number of para-hydroxylation sites is 1. The Labute approximate surface area is 234 Å². The Hall–Kier alpha value is -3.50. The molecule has 0 aromatic heterocycles. The highest BCUT2D eigenvalue weighted by Gasteiger charge is 2.46. The van der Waals surface area contributed by atoms with Crippen LogP contribution in [-0.4, -0.2) is 78.2 Å². The van der Waals surface area contributed by atoms with Gasteiger partial charge in [-0.3, -0.25) is 14.4 Å². The van der Waals surface area contributed by atoms with Gasteiger partial charge in [0.15, 0.2) is 0 Å². The van der Waals surface area contributed by atoms with Gasteiger partial charge in [-0.05, 0) is 62.4 Å². The number of nitrogens with zero attached hydrogens (tertiary/aromatic N) is 1. The summed E-state index contributed by atoms with van der Waals surface area (Å²) >= 11 is 0. The number of amides is 3. The van der Waals surface area contributed by atoms with Crippen LogP contribution < -0.4 is 20.7 Å². The Kier molecular flexibility index (Phi) is 9.76. The number of likely N-dealkylation sites (N-methyl/N-ethyl adjacent to an activating group) is 1. The van der Waals surface area contributed by atoms with Gasteiger partial charge in [0.25, 0.3) is 0 Å². The van der Waals surface area contributed by atoms with Gasteiger partial charge >= 0.3 is 0 Å². The van der Waals surface area contributed by atoms with Crippen molar-refractivity contribution in [1.29, 1.82) is 0 Å². The van der Waals surface area contributed by atoms with Crippen LogP contribution in [0.4, 0.5) is 4.39 Å². The van der Waals surface area contributed by atoms with Gasteiger partial charge in [-0.2, -0.15) is 0 Å². The average molecular weight is 555 g/mol. The summed E-state index contributed by atoms with van der Waals surface area (Å²) in [5.41, 5.74) is 1.69. The van der Waals surface area contributed by atoms with Gasteiger partial charge < -0.3 is 30.7 Å². The van der Waals surface area contributed by atoms with E-state index in [1.807, 2.05) is 31.2 Å². The Morgan fingerprint density at radius 2 is 1.75 bits per heavy atom. The Morgan fingerprint density at radius 3 is 2.45 bits per heavy atom. The number of aliphatic hydroxyl groups excluding tert-OH is 1. The molecule has 216 valence electrons. The number of benzene rings is 2. The number of aliphatic hydroxyl groups is 1. The number of hydrogen-bond acceptors (Lipinski definition) is 6. The Balaban J connectivity index is 1.57. The van der Waals surface area contributed by atoms with Crippen molar-refractivity contribution in [3.63, 3.8) is 0 Å². The number of nitrogens with one attached hydrogen (secondary N) is 3. The van der Waals surface area contributed by atoms with Crippen LogP contribution in [-0.2, 0) is 27.2 Å². The van der Waals surface area contributed by atoms with E-state index in [0.29, 0.717) is 37.9 Å². The highest BCUT2D eigenvalue weighted by atomic mass is 19.1. The molecule has 4 rings (SSSR count). The van der Waals surface area contributed by atoms with Crippen molar-refractivity contribution in [2.45, 2.75) is 69.9 Å². The van der Waals surface area contributed by atoms with Crippen molar-refractivity contribution >= 4 is 17.7 Å². The molecule has 10 heteroatoms. The van der Waals surface area contributed by atoms with Gasteiger partial charge in [0.1, 0.15) is 29.8 Å². The molecule has 1 aliphatic heterocycles. The van der Waals surface area contributed by atoms with E-state index >= 15 is 0 Å². The number of hydrogen-bond donors (Lipinski definition) is 4. The molecule has 3 amide bonds. The van der Waals surface area contributed by atoms with Crippen LogP contribution in [0.3, 0.4) is 0 Å². The molecule has 4 N–H and O–H groups in total. The topological polar surface area (TPSA) is 120 Å². The lowest BCUT2D eigenvalue weighted by Crippen LogP contribution is -2.57. The summed E-state index contributed by atoms with van der Waals surface area (Å²) in [6.07, 6.45) is 1.14. The number of ether oxygens (including phenoxy) is 1. The summed E-state index contributed by atoms with van der Waals surface area (Å²) in [5, 5.41) is 19.1. The zero-order valence-electron chi connectivity index (χ0n) is 23.2. The maximum atomic E-state index is 13.5. The van der Waals surface area contributed by atoms with E-state index in [2.05, 4.69) is 16.0 Å². The van der Waals surface area contributed by atoms with Gasteiger partial charge in [0, 0.05) is 32.5 Å². The number of rotatable bonds is 3. The molecule has 0 spiro atoms. The molecule has 2 aromatic rings. The summed E-state index contributed by atoms with van der Waals surface area (Å²) < 4.78 is 19.7. The maximum absolute atomic E-state index is 13.5. The van der Waals surface area contributed by atoms with Crippen LogP contribution in [0.2, 0.25) is 0 Å². The fourth-order valence-electron chi connectivity index (χ4n) is 4.91. The molecular weight excluding hydrogens is 515 g/mol. The summed E-state index contributed by atoms with van der Waals surface area (Å²) in [6, 6.07) is 11.0. The average Bonchev–Trinajstić information content (AvgIpc) is 3.66. The van der Waals surface area contributed by atoms with Crippen LogP contribution >= 0.6 is 0 Å². The second-order valence-electron chi connectivity index (χ2n) is 10.8. The molecule has 40 heavy (non-hydrogen) atoms. The van der Waals surface area contributed by atoms with Crippen molar-refractivity contribution in [3.05, 3.63) is 65.5 Å². The lowest BCUT2D eigenvalue weighted by atomic mass is 10.0. The third kappa shape index (κ3) is 7.57. The molecule has 1 saturated carbocycles. The van der Waals surface area contributed by atoms with Crippen molar-refractivity contribution in [1.82, 2.24) is 20.9 Å². The third-order valence-electron chi connectivity index (χ3n) is 7.64. The first-order valence-corrected chi connectivity index (χ1v) is 13.9. The minimum atomic E-state index is -0.918. The van der Waals surface area contributed by atoms with Crippen LogP contribution in [0.1, 0.15) is 37.8 Å². The monoisotopic (exact) mass is 554 g/mol. The molecule has 0 radical (unpaired) electrons. The fraction of sp³-hybridized carbons (Fsp3) is 0.500. The Bertz CT molecular complexity index is 1190. The van der Waals surface area contributed by atoms with Crippen molar-refractivity contribution in [2.24, 2.45) is 5.92 Å². The summed E-state index contributed by atoms with van der Waals surface area (Å²) in [5.74, 6) is -1.08. The minimum absolute atomic E-state index is 0.162. The first kappa shape index (κ1) is 29.5. The fourth-order valence-corrected chi connectivity index (χ4v) is 4.91. The lowest BCUT2D eigenvalue weighted by molar-refractivity contribution is -0.141. The maximum Gasteiger partial charge on any atom is 0.243 e. The third-order valence-corrected chi connectivity index (χ3v) is 7.64. The first-order valence-electron chi connectivity index (χ1n) is 13.9. The standard InChI is InChI=1S/C30H39FN4O5/c1-18-17-33-27(23-16-25(23)36)30(39)35(3)19(2)28(37)34-24(15-20-10-12-22(31)13-11-20)29(38)32-14-6-8-21-7-4-5-9-26(21)40-18/h4-5,7,9-13,18-19,23-25,27,33,36H,6,8,14-17H2,1-3H3,(H,32,38)(H,34,37). The largest absolute Gasteiger partial charge is 0.489 e. The van der Waals surface area contributed by atoms with E-state index in [1.54, 1.807) is 26.1 Å². The van der Waals surface area contributed by atoms with Crippen LogP contribution in [0.5, 0.6) is 5.75 Å². The SMILES string of the molecule is CC1CNC(C2CC2O)C(=O)N(C)C(C)C(=O)NC(Cc2ccc(F)cc2)C(=O)NCCCc2ccccc2O1. The molecule has 0 bridgehead atoms. The van der Waals surface area contributed by atoms with E-state index in [-0.39, 0.29) is 30.3 Å². The first-order chi connectivity index (χ1) is 19.1. The van der Waals surface area contributed by atoms with Crippen LogP contribution in [0.15, 0.2) is 48.5 Å². The normalized spacial score (nSPS) is 28.8. The smallest absolute Gasteiger partial charge is 0.243 e. The van der Waals surface area contributed by atoms with Crippen LogP contribution in [0, 0.1) is 11.7 Å².